The van der Waals surface area contributed by atoms with Crippen LogP contribution >= 0.6 is 23.4 Å². The molecule has 1 atom stereocenters. The topological polar surface area (TPSA) is 24.5 Å². The monoisotopic (exact) mass is 326 g/mol. The van der Waals surface area contributed by atoms with Gasteiger partial charge in [-0.05, 0) is 55.4 Å². The van der Waals surface area contributed by atoms with Gasteiger partial charge in [-0.3, -0.25) is 4.90 Å². The van der Waals surface area contributed by atoms with Crippen LogP contribution in [0.1, 0.15) is 24.4 Å². The van der Waals surface area contributed by atoms with E-state index in [4.69, 9.17) is 16.3 Å². The molecule has 1 saturated heterocycles. The SMILES string of the molecule is Clc1ccc2c(c1)C(NCCCN1CCOCC1)CCS2. The summed E-state index contributed by atoms with van der Waals surface area (Å²) in [5.41, 5.74) is 1.38. The van der Waals surface area contributed by atoms with E-state index in [9.17, 15) is 0 Å². The molecule has 1 unspecified atom stereocenters. The Balaban J connectivity index is 1.46. The summed E-state index contributed by atoms with van der Waals surface area (Å²) >= 11 is 8.09. The van der Waals surface area contributed by atoms with E-state index < -0.39 is 0 Å². The minimum Gasteiger partial charge on any atom is -0.379 e. The van der Waals surface area contributed by atoms with Crippen molar-refractivity contribution in [2.24, 2.45) is 0 Å². The van der Waals surface area contributed by atoms with Gasteiger partial charge in [0.1, 0.15) is 0 Å². The van der Waals surface area contributed by atoms with Gasteiger partial charge in [0.25, 0.3) is 0 Å². The maximum absolute atomic E-state index is 6.15. The highest BCUT2D eigenvalue weighted by molar-refractivity contribution is 7.99. The molecule has 0 spiro atoms. The van der Waals surface area contributed by atoms with E-state index in [1.807, 2.05) is 17.8 Å². The molecule has 0 aliphatic carbocycles. The second-order valence-corrected chi connectivity index (χ2v) is 7.21. The first-order valence-corrected chi connectivity index (χ1v) is 9.15. The van der Waals surface area contributed by atoms with Crippen molar-refractivity contribution in [2.45, 2.75) is 23.8 Å². The summed E-state index contributed by atoms with van der Waals surface area (Å²) in [6.07, 6.45) is 2.38. The summed E-state index contributed by atoms with van der Waals surface area (Å²) in [7, 11) is 0. The van der Waals surface area contributed by atoms with E-state index in [1.165, 1.54) is 35.6 Å². The summed E-state index contributed by atoms with van der Waals surface area (Å²) in [5.74, 6) is 1.19. The number of thioether (sulfide) groups is 1. The molecule has 3 rings (SSSR count). The van der Waals surface area contributed by atoms with Crippen molar-refractivity contribution in [3.05, 3.63) is 28.8 Å². The molecular formula is C16H23ClN2OS. The van der Waals surface area contributed by atoms with Gasteiger partial charge in [-0.15, -0.1) is 11.8 Å². The normalized spacial score (nSPS) is 23.0. The molecule has 0 bridgehead atoms. The highest BCUT2D eigenvalue weighted by Crippen LogP contribution is 2.37. The fraction of sp³-hybridized carbons (Fsp3) is 0.625. The lowest BCUT2D eigenvalue weighted by Crippen LogP contribution is -2.38. The predicted octanol–water partition coefficient (Wildman–Crippen LogP) is 3.19. The summed E-state index contributed by atoms with van der Waals surface area (Å²) in [6.45, 7) is 6.17. The first kappa shape index (κ1) is 15.6. The van der Waals surface area contributed by atoms with E-state index in [1.54, 1.807) is 0 Å². The molecule has 2 heterocycles. The molecule has 0 radical (unpaired) electrons. The quantitative estimate of drug-likeness (QED) is 0.840. The zero-order chi connectivity index (χ0) is 14.5. The van der Waals surface area contributed by atoms with E-state index in [2.05, 4.69) is 22.3 Å². The lowest BCUT2D eigenvalue weighted by atomic mass is 10.0. The van der Waals surface area contributed by atoms with Crippen LogP contribution in [0.4, 0.5) is 0 Å². The van der Waals surface area contributed by atoms with Crippen LogP contribution < -0.4 is 5.32 Å². The van der Waals surface area contributed by atoms with Gasteiger partial charge in [-0.25, -0.2) is 0 Å². The number of halogens is 1. The van der Waals surface area contributed by atoms with Crippen LogP contribution in [0, 0.1) is 0 Å². The number of benzene rings is 1. The Bertz CT molecular complexity index is 466. The molecule has 3 nitrogen and oxygen atoms in total. The van der Waals surface area contributed by atoms with Crippen molar-refractivity contribution < 1.29 is 4.74 Å². The highest BCUT2D eigenvalue weighted by Gasteiger charge is 2.20. The Kier molecular flexibility index (Phi) is 5.83. The Morgan fingerprint density at radius 2 is 2.19 bits per heavy atom. The lowest BCUT2D eigenvalue weighted by molar-refractivity contribution is 0.0374. The van der Waals surface area contributed by atoms with E-state index in [0.29, 0.717) is 6.04 Å². The summed E-state index contributed by atoms with van der Waals surface area (Å²) in [5, 5.41) is 4.56. The molecule has 1 fully saturated rings. The molecule has 21 heavy (non-hydrogen) atoms. The maximum atomic E-state index is 6.15. The second-order valence-electron chi connectivity index (χ2n) is 5.63. The van der Waals surface area contributed by atoms with Crippen molar-refractivity contribution in [3.8, 4) is 0 Å². The van der Waals surface area contributed by atoms with Crippen molar-refractivity contribution in [2.75, 3.05) is 45.1 Å². The van der Waals surface area contributed by atoms with Gasteiger partial charge in [-0.1, -0.05) is 11.6 Å². The largest absolute Gasteiger partial charge is 0.379 e. The Morgan fingerprint density at radius 3 is 3.05 bits per heavy atom. The molecule has 1 aromatic carbocycles. The molecule has 0 aromatic heterocycles. The number of nitrogens with one attached hydrogen (secondary N) is 1. The van der Waals surface area contributed by atoms with Crippen LogP contribution in [-0.2, 0) is 4.74 Å². The minimum absolute atomic E-state index is 0.463. The molecule has 1 N–H and O–H groups in total. The fourth-order valence-electron chi connectivity index (χ4n) is 2.98. The maximum Gasteiger partial charge on any atom is 0.0594 e. The van der Waals surface area contributed by atoms with Crippen LogP contribution in [0.25, 0.3) is 0 Å². The van der Waals surface area contributed by atoms with Crippen LogP contribution in [0.15, 0.2) is 23.1 Å². The van der Waals surface area contributed by atoms with Crippen LogP contribution in [0.3, 0.4) is 0 Å². The highest BCUT2D eigenvalue weighted by atomic mass is 35.5. The van der Waals surface area contributed by atoms with Crippen LogP contribution in [-0.4, -0.2) is 50.0 Å². The summed E-state index contributed by atoms with van der Waals surface area (Å²) in [4.78, 5) is 3.88. The molecule has 116 valence electrons. The third-order valence-electron chi connectivity index (χ3n) is 4.16. The van der Waals surface area contributed by atoms with E-state index in [0.717, 1.165) is 37.9 Å². The average Bonchev–Trinajstić information content (AvgIpc) is 2.53. The molecule has 5 heteroatoms. The Labute approximate surface area is 136 Å². The van der Waals surface area contributed by atoms with Crippen molar-refractivity contribution in [1.82, 2.24) is 10.2 Å². The van der Waals surface area contributed by atoms with Crippen molar-refractivity contribution in [3.63, 3.8) is 0 Å². The molecule has 2 aliphatic rings. The predicted molar refractivity (Wildman–Crippen MR) is 89.4 cm³/mol. The van der Waals surface area contributed by atoms with Gasteiger partial charge in [0.05, 0.1) is 13.2 Å². The lowest BCUT2D eigenvalue weighted by Gasteiger charge is -2.28. The first-order valence-electron chi connectivity index (χ1n) is 7.79. The van der Waals surface area contributed by atoms with Gasteiger partial charge < -0.3 is 10.1 Å². The molecular weight excluding hydrogens is 304 g/mol. The van der Waals surface area contributed by atoms with Crippen LogP contribution in [0.2, 0.25) is 5.02 Å². The Morgan fingerprint density at radius 1 is 1.33 bits per heavy atom. The fourth-order valence-corrected chi connectivity index (χ4v) is 4.27. The third-order valence-corrected chi connectivity index (χ3v) is 5.51. The van der Waals surface area contributed by atoms with Gasteiger partial charge in [0.2, 0.25) is 0 Å². The number of hydrogen-bond acceptors (Lipinski definition) is 4. The number of morpholine rings is 1. The van der Waals surface area contributed by atoms with Crippen molar-refractivity contribution in [1.29, 1.82) is 0 Å². The number of hydrogen-bond donors (Lipinski definition) is 1. The molecule has 2 aliphatic heterocycles. The Hall–Kier alpha value is -0.260. The third kappa shape index (κ3) is 4.36. The second kappa shape index (κ2) is 7.84. The zero-order valence-electron chi connectivity index (χ0n) is 12.3. The zero-order valence-corrected chi connectivity index (χ0v) is 13.9. The molecule has 0 saturated carbocycles. The molecule has 1 aromatic rings. The van der Waals surface area contributed by atoms with Crippen molar-refractivity contribution >= 4 is 23.4 Å². The van der Waals surface area contributed by atoms with E-state index >= 15 is 0 Å². The van der Waals surface area contributed by atoms with Gasteiger partial charge in [0.15, 0.2) is 0 Å². The number of rotatable bonds is 5. The summed E-state index contributed by atoms with van der Waals surface area (Å²) in [6, 6.07) is 6.74. The van der Waals surface area contributed by atoms with Crippen LogP contribution in [0.5, 0.6) is 0 Å². The number of ether oxygens (including phenoxy) is 1. The van der Waals surface area contributed by atoms with E-state index in [-0.39, 0.29) is 0 Å². The number of nitrogens with zero attached hydrogens (tertiary/aromatic N) is 1. The number of fused-ring (bicyclic) bond motifs is 1. The first-order chi connectivity index (χ1) is 10.3. The van der Waals surface area contributed by atoms with Gasteiger partial charge in [-0.2, -0.15) is 0 Å². The average molecular weight is 327 g/mol. The molecule has 0 amide bonds. The summed E-state index contributed by atoms with van der Waals surface area (Å²) < 4.78 is 5.38. The van der Waals surface area contributed by atoms with Gasteiger partial charge in [0, 0.05) is 29.0 Å². The standard InChI is InChI=1S/C16H23ClN2OS/c17-13-2-3-16-14(12-13)15(4-11-21-16)18-5-1-6-19-7-9-20-10-8-19/h2-3,12,15,18H,1,4-11H2. The van der Waals surface area contributed by atoms with Gasteiger partial charge >= 0.3 is 0 Å². The smallest absolute Gasteiger partial charge is 0.0594 e. The minimum atomic E-state index is 0.463.